The molecule has 3 aromatic carbocycles. The van der Waals surface area contributed by atoms with Crippen LogP contribution in [0.25, 0.3) is 0 Å². The van der Waals surface area contributed by atoms with Gasteiger partial charge in [0, 0.05) is 0 Å². The van der Waals surface area contributed by atoms with Crippen molar-refractivity contribution in [2.75, 3.05) is 24.0 Å². The van der Waals surface area contributed by atoms with Crippen LogP contribution < -0.4 is 14.4 Å². The van der Waals surface area contributed by atoms with Gasteiger partial charge in [0.2, 0.25) is 5.91 Å². The number of carbonyl (C=O) groups is 1. The maximum atomic E-state index is 13.5. The molecule has 0 heterocycles. The average molecular weight is 467 g/mol. The summed E-state index contributed by atoms with van der Waals surface area (Å²) >= 11 is 0. The van der Waals surface area contributed by atoms with Crippen molar-refractivity contribution >= 4 is 21.6 Å². The average Bonchev–Trinajstić information content (AvgIpc) is 2.77. The van der Waals surface area contributed by atoms with Crippen LogP contribution in [-0.2, 0) is 14.8 Å². The molecule has 0 aliphatic carbocycles. The van der Waals surface area contributed by atoms with E-state index < -0.39 is 15.9 Å². The van der Waals surface area contributed by atoms with Gasteiger partial charge in [-0.3, -0.25) is 9.10 Å². The molecule has 1 amide bonds. The van der Waals surface area contributed by atoms with Crippen molar-refractivity contribution in [2.45, 2.75) is 32.6 Å². The first kappa shape index (κ1) is 24.3. The Balaban J connectivity index is 1.76. The molecule has 3 aromatic rings. The largest absolute Gasteiger partial charge is 0.492 e. The Kier molecular flexibility index (Phi) is 7.76. The van der Waals surface area contributed by atoms with Crippen molar-refractivity contribution in [3.63, 3.8) is 0 Å². The molecule has 0 spiro atoms. The first-order valence-electron chi connectivity index (χ1n) is 10.8. The van der Waals surface area contributed by atoms with Crippen LogP contribution in [0.4, 0.5) is 5.69 Å². The third kappa shape index (κ3) is 6.35. The van der Waals surface area contributed by atoms with Gasteiger partial charge in [-0.15, -0.1) is 0 Å². The van der Waals surface area contributed by atoms with Crippen LogP contribution in [0.5, 0.6) is 5.75 Å². The summed E-state index contributed by atoms with van der Waals surface area (Å²) in [5.74, 6) is 0.322. The van der Waals surface area contributed by atoms with Crippen molar-refractivity contribution in [1.29, 1.82) is 0 Å². The summed E-state index contributed by atoms with van der Waals surface area (Å²) in [5, 5.41) is 2.76. The third-order valence-electron chi connectivity index (χ3n) is 5.21. The number of ether oxygens (including phenoxy) is 1. The molecule has 33 heavy (non-hydrogen) atoms. The molecule has 7 heteroatoms. The SMILES string of the molecule is Cc1ccc(S(=O)(=O)N(CC(=O)NCCOc2cccc(C)c2)c2cc(C)ccc2C)cc1. The second-order valence-corrected chi connectivity index (χ2v) is 9.99. The Morgan fingerprint density at radius 3 is 2.24 bits per heavy atom. The van der Waals surface area contributed by atoms with E-state index >= 15 is 0 Å². The van der Waals surface area contributed by atoms with Gasteiger partial charge in [-0.1, -0.05) is 42.0 Å². The minimum absolute atomic E-state index is 0.143. The maximum Gasteiger partial charge on any atom is 0.264 e. The predicted molar refractivity (Wildman–Crippen MR) is 131 cm³/mol. The Hall–Kier alpha value is -3.32. The van der Waals surface area contributed by atoms with Crippen molar-refractivity contribution in [3.05, 3.63) is 89.0 Å². The van der Waals surface area contributed by atoms with Crippen LogP contribution >= 0.6 is 0 Å². The van der Waals surface area contributed by atoms with Crippen LogP contribution in [0.3, 0.4) is 0 Å². The fourth-order valence-corrected chi connectivity index (χ4v) is 4.85. The van der Waals surface area contributed by atoms with Crippen molar-refractivity contribution in [3.8, 4) is 5.75 Å². The molecule has 0 unspecified atom stereocenters. The van der Waals surface area contributed by atoms with E-state index in [1.54, 1.807) is 30.3 Å². The fourth-order valence-electron chi connectivity index (χ4n) is 3.38. The number of nitrogens with one attached hydrogen (secondary N) is 1. The van der Waals surface area contributed by atoms with Gasteiger partial charge in [0.1, 0.15) is 18.9 Å². The highest BCUT2D eigenvalue weighted by atomic mass is 32.2. The van der Waals surface area contributed by atoms with Crippen LogP contribution in [-0.4, -0.2) is 34.0 Å². The molecule has 0 atom stereocenters. The molecule has 0 aliphatic heterocycles. The highest BCUT2D eigenvalue weighted by Crippen LogP contribution is 2.28. The van der Waals surface area contributed by atoms with E-state index in [9.17, 15) is 13.2 Å². The van der Waals surface area contributed by atoms with Gasteiger partial charge in [0.05, 0.1) is 17.1 Å². The molecular formula is C26H30N2O4S. The number of carbonyl (C=O) groups excluding carboxylic acids is 1. The van der Waals surface area contributed by atoms with Crippen LogP contribution in [0.15, 0.2) is 71.6 Å². The summed E-state index contributed by atoms with van der Waals surface area (Å²) in [4.78, 5) is 12.9. The first-order chi connectivity index (χ1) is 15.7. The number of amides is 1. The Bertz CT molecular complexity index is 1220. The molecule has 0 fully saturated rings. The summed E-state index contributed by atoms with van der Waals surface area (Å²) in [6, 6.07) is 19.8. The zero-order chi connectivity index (χ0) is 24.0. The molecule has 6 nitrogen and oxygen atoms in total. The quantitative estimate of drug-likeness (QED) is 0.477. The molecule has 0 radical (unpaired) electrons. The molecule has 174 valence electrons. The number of hydrogen-bond donors (Lipinski definition) is 1. The predicted octanol–water partition coefficient (Wildman–Crippen LogP) is 4.31. The fraction of sp³-hybridized carbons (Fsp3) is 0.269. The van der Waals surface area contributed by atoms with Crippen molar-refractivity contribution in [2.24, 2.45) is 0 Å². The minimum Gasteiger partial charge on any atom is -0.492 e. The lowest BCUT2D eigenvalue weighted by atomic mass is 10.1. The number of sulfonamides is 1. The van der Waals surface area contributed by atoms with Gasteiger partial charge in [-0.2, -0.15) is 0 Å². The van der Waals surface area contributed by atoms with Crippen molar-refractivity contribution in [1.82, 2.24) is 5.32 Å². The van der Waals surface area contributed by atoms with E-state index in [0.29, 0.717) is 5.69 Å². The van der Waals surface area contributed by atoms with Gasteiger partial charge in [-0.25, -0.2) is 8.42 Å². The second kappa shape index (κ2) is 10.5. The van der Waals surface area contributed by atoms with Gasteiger partial charge >= 0.3 is 0 Å². The van der Waals surface area contributed by atoms with E-state index in [4.69, 9.17) is 4.74 Å². The van der Waals surface area contributed by atoms with Crippen LogP contribution in [0, 0.1) is 27.7 Å². The van der Waals surface area contributed by atoms with E-state index in [2.05, 4.69) is 5.32 Å². The molecule has 1 N–H and O–H groups in total. The lowest BCUT2D eigenvalue weighted by Gasteiger charge is -2.26. The van der Waals surface area contributed by atoms with Crippen molar-refractivity contribution < 1.29 is 17.9 Å². The Morgan fingerprint density at radius 1 is 0.879 bits per heavy atom. The van der Waals surface area contributed by atoms with E-state index in [-0.39, 0.29) is 24.6 Å². The van der Waals surface area contributed by atoms with Gasteiger partial charge in [0.15, 0.2) is 0 Å². The Morgan fingerprint density at radius 2 is 1.55 bits per heavy atom. The normalized spacial score (nSPS) is 11.2. The maximum absolute atomic E-state index is 13.5. The minimum atomic E-state index is -3.94. The topological polar surface area (TPSA) is 75.7 Å². The molecule has 0 saturated heterocycles. The monoisotopic (exact) mass is 466 g/mol. The van der Waals surface area contributed by atoms with E-state index in [1.165, 1.54) is 4.31 Å². The summed E-state index contributed by atoms with van der Waals surface area (Å²) in [6.45, 7) is 7.81. The number of aryl methyl sites for hydroxylation is 4. The molecule has 0 bridgehead atoms. The number of anilines is 1. The molecular weight excluding hydrogens is 436 g/mol. The lowest BCUT2D eigenvalue weighted by molar-refractivity contribution is -0.119. The zero-order valence-corrected chi connectivity index (χ0v) is 20.3. The van der Waals surface area contributed by atoms with Gasteiger partial charge < -0.3 is 10.1 Å². The molecule has 0 aromatic heterocycles. The van der Waals surface area contributed by atoms with Crippen LogP contribution in [0.1, 0.15) is 22.3 Å². The molecule has 0 aliphatic rings. The van der Waals surface area contributed by atoms with E-state index in [1.807, 2.05) is 64.1 Å². The number of benzene rings is 3. The number of nitrogens with zero attached hydrogens (tertiary/aromatic N) is 1. The lowest BCUT2D eigenvalue weighted by Crippen LogP contribution is -2.42. The van der Waals surface area contributed by atoms with Gasteiger partial charge in [0.25, 0.3) is 10.0 Å². The molecule has 0 saturated carbocycles. The third-order valence-corrected chi connectivity index (χ3v) is 6.99. The Labute approximate surface area is 196 Å². The second-order valence-electron chi connectivity index (χ2n) is 8.13. The summed E-state index contributed by atoms with van der Waals surface area (Å²) in [5.41, 5.74) is 4.21. The standard InChI is InChI=1S/C26H30N2O4S/c1-19-9-12-24(13-10-19)33(30,31)28(25-17-21(3)8-11-22(25)4)18-26(29)27-14-15-32-23-7-5-6-20(2)16-23/h5-13,16-17H,14-15,18H2,1-4H3,(H,27,29). The number of rotatable bonds is 9. The zero-order valence-electron chi connectivity index (χ0n) is 19.5. The van der Waals surface area contributed by atoms with Gasteiger partial charge in [-0.05, 0) is 74.7 Å². The number of hydrogen-bond acceptors (Lipinski definition) is 4. The highest BCUT2D eigenvalue weighted by molar-refractivity contribution is 7.92. The van der Waals surface area contributed by atoms with E-state index in [0.717, 1.165) is 28.0 Å². The summed E-state index contributed by atoms with van der Waals surface area (Å²) < 4.78 is 33.9. The van der Waals surface area contributed by atoms with Crippen LogP contribution in [0.2, 0.25) is 0 Å². The first-order valence-corrected chi connectivity index (χ1v) is 12.2. The summed E-state index contributed by atoms with van der Waals surface area (Å²) in [7, 11) is -3.94. The molecule has 3 rings (SSSR count). The summed E-state index contributed by atoms with van der Waals surface area (Å²) in [6.07, 6.45) is 0. The highest BCUT2D eigenvalue weighted by Gasteiger charge is 2.28. The smallest absolute Gasteiger partial charge is 0.264 e.